The van der Waals surface area contributed by atoms with E-state index < -0.39 is 13.1 Å². The average Bonchev–Trinajstić information content (AvgIpc) is 4.05. The van der Waals surface area contributed by atoms with Crippen LogP contribution in [0, 0.1) is 27.7 Å². The summed E-state index contributed by atoms with van der Waals surface area (Å²) < 4.78 is 46.6. The van der Waals surface area contributed by atoms with E-state index in [2.05, 4.69) is 95.0 Å². The van der Waals surface area contributed by atoms with Crippen LogP contribution in [0.5, 0.6) is 0 Å². The van der Waals surface area contributed by atoms with Crippen LogP contribution in [0.4, 0.5) is 13.2 Å². The van der Waals surface area contributed by atoms with Crippen molar-refractivity contribution >= 4 is 11.6 Å². The molecule has 0 unspecified atom stereocenters. The van der Waals surface area contributed by atoms with Crippen LogP contribution in [-0.2, 0) is 6.67 Å². The molecule has 4 aliphatic carbocycles. The molecule has 344 valence electrons. The van der Waals surface area contributed by atoms with Crippen LogP contribution in [0.25, 0.3) is 0 Å². The largest absolute Gasteiger partial charge is 0.280 e. The van der Waals surface area contributed by atoms with Gasteiger partial charge in [-0.1, -0.05) is 11.6 Å². The molecule has 0 aliphatic heterocycles. The van der Waals surface area contributed by atoms with Gasteiger partial charge < -0.3 is 0 Å². The Morgan fingerprint density at radius 2 is 0.935 bits per heavy atom. The van der Waals surface area contributed by atoms with E-state index in [0.29, 0.717) is 35.4 Å². The zero-order valence-electron chi connectivity index (χ0n) is 39.9. The second-order valence-corrected chi connectivity index (χ2v) is 19.6. The van der Waals surface area contributed by atoms with E-state index in [1.165, 1.54) is 84.9 Å². The Balaban J connectivity index is 0.000000147. The Hall–Kier alpha value is -3.87. The van der Waals surface area contributed by atoms with Gasteiger partial charge in [-0.25, -0.2) is 13.2 Å². The maximum Gasteiger partial charge on any atom is 0.280 e. The minimum Gasteiger partial charge on any atom is -0.267 e. The number of nitrogens with zero attached hydrogens (tertiary/aromatic N) is 10. The van der Waals surface area contributed by atoms with Gasteiger partial charge in [-0.05, 0) is 173 Å². The van der Waals surface area contributed by atoms with Gasteiger partial charge in [-0.2, -0.15) is 25.5 Å². The highest BCUT2D eigenvalue weighted by molar-refractivity contribution is 6.32. The van der Waals surface area contributed by atoms with Crippen LogP contribution < -0.4 is 0 Å². The van der Waals surface area contributed by atoms with E-state index >= 15 is 0 Å². The van der Waals surface area contributed by atoms with Gasteiger partial charge in [0, 0.05) is 65.3 Å². The molecule has 0 aromatic carbocycles. The van der Waals surface area contributed by atoms with Gasteiger partial charge in [-0.3, -0.25) is 23.4 Å². The zero-order chi connectivity index (χ0) is 45.7. The van der Waals surface area contributed by atoms with Gasteiger partial charge >= 0.3 is 0 Å². The van der Waals surface area contributed by atoms with Crippen LogP contribution in [0.15, 0.2) is 24.3 Å². The molecule has 9 rings (SSSR count). The molecule has 0 bridgehead atoms. The molecular formula is C48H74ClF3N10. The lowest BCUT2D eigenvalue weighted by Crippen LogP contribution is -2.07. The lowest BCUT2D eigenvalue weighted by atomic mass is 10.2. The first kappa shape index (κ1) is 49.2. The van der Waals surface area contributed by atoms with Gasteiger partial charge in [0.1, 0.15) is 12.4 Å². The molecule has 0 radical (unpaired) electrons. The third-order valence-corrected chi connectivity index (χ3v) is 11.8. The lowest BCUT2D eigenvalue weighted by molar-refractivity contribution is 0.137. The molecule has 14 heteroatoms. The molecule has 0 saturated heterocycles. The standard InChI is InChI=1S/C12H18N2.C10H15ClN2.C10H16N2.C8H12F2N2.C8H13FN2/c1-8(2)14-12(10-5-6-10)7-11(13-14)9-3-4-9;1-6(2)13-10(8-4-5-8)9(11)7(3)12-13;1-7(2)12-10(9-4-5-9)6-8(3)11-12;1-5(2)12-7(8(9)10)4-6(3)11-12;1-6(2)11-8(5-9)4-7(3)10-11/h7-10H,3-6H2,1-2H3;6,8H,4-5H2,1-3H3;6-7,9H,4-5H2,1-3H3;4-5,8H,1-3H3;4,6H,5H2,1-3H3. The van der Waals surface area contributed by atoms with Crippen LogP contribution in [-0.4, -0.2) is 48.9 Å². The average molecular weight is 884 g/mol. The Labute approximate surface area is 374 Å². The number of aromatic nitrogens is 10. The Morgan fingerprint density at radius 1 is 0.516 bits per heavy atom. The number of rotatable bonds is 11. The fourth-order valence-electron chi connectivity index (χ4n) is 7.63. The number of aryl methyl sites for hydroxylation is 4. The number of hydrogen-bond donors (Lipinski definition) is 0. The molecule has 0 amide bonds. The molecule has 5 aromatic rings. The monoisotopic (exact) mass is 883 g/mol. The molecular weight excluding hydrogens is 809 g/mol. The van der Waals surface area contributed by atoms with E-state index in [9.17, 15) is 13.2 Å². The molecule has 0 spiro atoms. The summed E-state index contributed by atoms with van der Waals surface area (Å²) in [6.45, 7) is 28.0. The van der Waals surface area contributed by atoms with E-state index in [0.717, 1.165) is 39.9 Å². The predicted octanol–water partition coefficient (Wildman–Crippen LogP) is 14.1. The third-order valence-electron chi connectivity index (χ3n) is 11.3. The summed E-state index contributed by atoms with van der Waals surface area (Å²) in [6, 6.07) is 9.49. The third kappa shape index (κ3) is 13.1. The Kier molecular flexibility index (Phi) is 16.8. The van der Waals surface area contributed by atoms with Crippen LogP contribution >= 0.6 is 11.6 Å². The Morgan fingerprint density at radius 3 is 1.35 bits per heavy atom. The van der Waals surface area contributed by atoms with E-state index in [4.69, 9.17) is 16.7 Å². The second kappa shape index (κ2) is 21.2. The van der Waals surface area contributed by atoms with Crippen LogP contribution in [0.3, 0.4) is 0 Å². The SMILES string of the molecule is CC(C)n1nc(C2CC2)cc1C1CC1.Cc1cc(C(F)F)n(C(C)C)n1.Cc1cc(C2CC2)n(C(C)C)n1.Cc1cc(CF)n(C(C)C)n1.Cc1nn(C(C)C)c(C2CC2)c1Cl. The summed E-state index contributed by atoms with van der Waals surface area (Å²) in [5.41, 5.74) is 9.88. The van der Waals surface area contributed by atoms with Crippen molar-refractivity contribution in [3.05, 3.63) is 86.2 Å². The fourth-order valence-corrected chi connectivity index (χ4v) is 7.91. The molecule has 4 saturated carbocycles. The quantitative estimate of drug-likeness (QED) is 0.132. The van der Waals surface area contributed by atoms with Crippen molar-refractivity contribution in [2.75, 3.05) is 0 Å². The summed E-state index contributed by atoms with van der Waals surface area (Å²) in [6.07, 6.45) is 8.31. The minimum absolute atomic E-state index is 0.00231. The predicted molar refractivity (Wildman–Crippen MR) is 245 cm³/mol. The molecule has 4 fully saturated rings. The van der Waals surface area contributed by atoms with Gasteiger partial charge in [0.25, 0.3) is 6.43 Å². The summed E-state index contributed by atoms with van der Waals surface area (Å²) in [5, 5.41) is 22.7. The highest BCUT2D eigenvalue weighted by atomic mass is 35.5. The topological polar surface area (TPSA) is 89.1 Å². The first-order chi connectivity index (χ1) is 29.2. The first-order valence-electron chi connectivity index (χ1n) is 23.1. The van der Waals surface area contributed by atoms with E-state index in [1.807, 2.05) is 41.5 Å². The molecule has 5 heterocycles. The highest BCUT2D eigenvalue weighted by Gasteiger charge is 2.34. The normalized spacial score (nSPS) is 16.1. The maximum atomic E-state index is 12.3. The van der Waals surface area contributed by atoms with Crippen LogP contribution in [0.1, 0.15) is 238 Å². The lowest BCUT2D eigenvalue weighted by Gasteiger charge is -2.09. The molecule has 4 aliphatic rings. The molecule has 10 nitrogen and oxygen atoms in total. The zero-order valence-corrected chi connectivity index (χ0v) is 40.7. The van der Waals surface area contributed by atoms with E-state index in [-0.39, 0.29) is 17.8 Å². The highest BCUT2D eigenvalue weighted by Crippen LogP contribution is 2.46. The summed E-state index contributed by atoms with van der Waals surface area (Å²) in [7, 11) is 0. The second-order valence-electron chi connectivity index (χ2n) is 19.2. The van der Waals surface area contributed by atoms with E-state index in [1.54, 1.807) is 17.7 Å². The minimum atomic E-state index is -2.44. The van der Waals surface area contributed by atoms with Gasteiger partial charge in [0.15, 0.2) is 0 Å². The Bertz CT molecular complexity index is 2050. The molecule has 0 N–H and O–H groups in total. The van der Waals surface area contributed by atoms with Crippen molar-refractivity contribution in [3.63, 3.8) is 0 Å². The van der Waals surface area contributed by atoms with Crippen molar-refractivity contribution in [2.24, 2.45) is 0 Å². The number of halogens is 4. The van der Waals surface area contributed by atoms with Gasteiger partial charge in [-0.15, -0.1) is 0 Å². The smallest absolute Gasteiger partial charge is 0.267 e. The van der Waals surface area contributed by atoms with Crippen molar-refractivity contribution in [1.82, 2.24) is 48.9 Å². The van der Waals surface area contributed by atoms with Crippen molar-refractivity contribution < 1.29 is 13.2 Å². The van der Waals surface area contributed by atoms with Gasteiger partial charge in [0.2, 0.25) is 0 Å². The molecule has 62 heavy (non-hydrogen) atoms. The number of hydrogen-bond acceptors (Lipinski definition) is 5. The summed E-state index contributed by atoms with van der Waals surface area (Å²) in [4.78, 5) is 0. The van der Waals surface area contributed by atoms with Crippen molar-refractivity contribution in [2.45, 2.75) is 215 Å². The molecule has 5 aromatic heterocycles. The summed E-state index contributed by atoms with van der Waals surface area (Å²) in [5.74, 6) is 3.12. The van der Waals surface area contributed by atoms with Crippen molar-refractivity contribution in [3.8, 4) is 0 Å². The first-order valence-corrected chi connectivity index (χ1v) is 23.4. The van der Waals surface area contributed by atoms with Crippen LogP contribution in [0.2, 0.25) is 5.02 Å². The molecule has 0 atom stereocenters. The maximum absolute atomic E-state index is 12.3. The van der Waals surface area contributed by atoms with Gasteiger partial charge in [0.05, 0.1) is 44.9 Å². The van der Waals surface area contributed by atoms with Crippen molar-refractivity contribution in [1.29, 1.82) is 0 Å². The summed E-state index contributed by atoms with van der Waals surface area (Å²) >= 11 is 6.21. The number of alkyl halides is 3. The fraction of sp³-hybridized carbons (Fsp3) is 0.688.